The van der Waals surface area contributed by atoms with Gasteiger partial charge in [0.15, 0.2) is 5.16 Å². The van der Waals surface area contributed by atoms with Crippen LogP contribution in [0.25, 0.3) is 10.2 Å². The number of nitro benzene ring substituents is 1. The van der Waals surface area contributed by atoms with Crippen molar-refractivity contribution in [1.29, 1.82) is 0 Å². The average molecular weight is 427 g/mol. The van der Waals surface area contributed by atoms with Gasteiger partial charge in [0.1, 0.15) is 17.9 Å². The minimum Gasteiger partial charge on any atom is -0.455 e. The summed E-state index contributed by atoms with van der Waals surface area (Å²) in [7, 11) is 1.74. The van der Waals surface area contributed by atoms with Gasteiger partial charge in [-0.3, -0.25) is 10.1 Å². The summed E-state index contributed by atoms with van der Waals surface area (Å²) in [6, 6.07) is 11.8. The van der Waals surface area contributed by atoms with Crippen molar-refractivity contribution in [3.05, 3.63) is 69.5 Å². The fourth-order valence-electron chi connectivity index (χ4n) is 2.53. The molecular weight excluding hydrogens is 414 g/mol. The molecule has 0 spiro atoms. The van der Waals surface area contributed by atoms with Crippen LogP contribution in [0.3, 0.4) is 0 Å². The van der Waals surface area contributed by atoms with Gasteiger partial charge in [-0.25, -0.2) is 9.78 Å². The lowest BCUT2D eigenvalue weighted by molar-refractivity contribution is -0.387. The van der Waals surface area contributed by atoms with Crippen LogP contribution in [0.4, 0.5) is 5.69 Å². The van der Waals surface area contributed by atoms with Crippen molar-refractivity contribution in [1.82, 2.24) is 19.7 Å². The van der Waals surface area contributed by atoms with Crippen LogP contribution >= 0.6 is 23.1 Å². The Bertz CT molecular complexity index is 1190. The Morgan fingerprint density at radius 3 is 2.86 bits per heavy atom. The van der Waals surface area contributed by atoms with Crippen LogP contribution in [0.15, 0.2) is 58.8 Å². The molecule has 0 fully saturated rings. The number of hydrogen-bond donors (Lipinski definition) is 0. The van der Waals surface area contributed by atoms with Crippen molar-refractivity contribution in [3.8, 4) is 0 Å². The van der Waals surface area contributed by atoms with Gasteiger partial charge in [-0.2, -0.15) is 0 Å². The molecule has 0 aliphatic rings. The molecular formula is C18H13N5O4S2. The maximum Gasteiger partial charge on any atom is 0.338 e. The third kappa shape index (κ3) is 4.10. The number of fused-ring (bicyclic) bond motifs is 1. The molecule has 0 aliphatic carbocycles. The Hall–Kier alpha value is -3.31. The monoisotopic (exact) mass is 427 g/mol. The first-order chi connectivity index (χ1) is 14.0. The van der Waals surface area contributed by atoms with E-state index >= 15 is 0 Å². The largest absolute Gasteiger partial charge is 0.455 e. The topological polar surface area (TPSA) is 113 Å². The van der Waals surface area contributed by atoms with E-state index in [1.54, 1.807) is 11.6 Å². The number of para-hydroxylation sites is 1. The van der Waals surface area contributed by atoms with E-state index in [2.05, 4.69) is 15.2 Å². The summed E-state index contributed by atoms with van der Waals surface area (Å²) in [6.07, 6.45) is 1.50. The molecule has 0 unspecified atom stereocenters. The molecule has 0 amide bonds. The second kappa shape index (κ2) is 7.97. The molecule has 0 radical (unpaired) electrons. The lowest BCUT2D eigenvalue weighted by atomic mass is 10.2. The molecule has 4 rings (SSSR count). The highest BCUT2D eigenvalue weighted by atomic mass is 32.2. The predicted molar refractivity (Wildman–Crippen MR) is 107 cm³/mol. The number of benzene rings is 2. The molecule has 4 aromatic rings. The fourth-order valence-corrected chi connectivity index (χ4v) is 4.26. The summed E-state index contributed by atoms with van der Waals surface area (Å²) in [4.78, 5) is 28.1. The van der Waals surface area contributed by atoms with E-state index < -0.39 is 10.9 Å². The van der Waals surface area contributed by atoms with E-state index in [-0.39, 0.29) is 17.9 Å². The number of thiazole rings is 1. The van der Waals surface area contributed by atoms with Crippen molar-refractivity contribution < 1.29 is 14.5 Å². The third-order valence-corrected chi connectivity index (χ3v) is 6.05. The molecule has 0 N–H and O–H groups in total. The number of nitro groups is 1. The molecule has 146 valence electrons. The van der Waals surface area contributed by atoms with E-state index in [0.717, 1.165) is 22.0 Å². The summed E-state index contributed by atoms with van der Waals surface area (Å²) in [6.45, 7) is 0.00141. The van der Waals surface area contributed by atoms with Gasteiger partial charge in [-0.05, 0) is 36.0 Å². The highest BCUT2D eigenvalue weighted by Gasteiger charge is 2.21. The average Bonchev–Trinajstić information content (AvgIpc) is 3.32. The SMILES string of the molecule is Cn1cnnc1Sc1ccc(C(=O)OCc2nc3ccccc3s2)cc1[N+](=O)[O-]. The zero-order valence-electron chi connectivity index (χ0n) is 15.0. The summed E-state index contributed by atoms with van der Waals surface area (Å²) in [5.41, 5.74) is 0.733. The zero-order valence-corrected chi connectivity index (χ0v) is 16.6. The third-order valence-electron chi connectivity index (χ3n) is 3.93. The zero-order chi connectivity index (χ0) is 20.4. The number of ether oxygens (including phenoxy) is 1. The van der Waals surface area contributed by atoms with E-state index in [0.29, 0.717) is 15.1 Å². The summed E-state index contributed by atoms with van der Waals surface area (Å²) in [5.74, 6) is -0.650. The number of aryl methyl sites for hydroxylation is 1. The molecule has 2 heterocycles. The summed E-state index contributed by atoms with van der Waals surface area (Å²) < 4.78 is 7.94. The number of carbonyl (C=O) groups is 1. The van der Waals surface area contributed by atoms with Gasteiger partial charge in [0, 0.05) is 13.1 Å². The minimum absolute atomic E-state index is 0.00141. The van der Waals surface area contributed by atoms with Crippen molar-refractivity contribution in [3.63, 3.8) is 0 Å². The lowest BCUT2D eigenvalue weighted by Gasteiger charge is -2.06. The normalized spacial score (nSPS) is 10.9. The number of hydrogen-bond acceptors (Lipinski definition) is 9. The Morgan fingerprint density at radius 2 is 2.14 bits per heavy atom. The second-order valence-corrected chi connectivity index (χ2v) is 8.04. The first-order valence-corrected chi connectivity index (χ1v) is 9.96. The van der Waals surface area contributed by atoms with Crippen molar-refractivity contribution in [2.24, 2.45) is 7.05 Å². The molecule has 0 bridgehead atoms. The van der Waals surface area contributed by atoms with Gasteiger partial charge in [0.25, 0.3) is 5.69 Å². The first-order valence-electron chi connectivity index (χ1n) is 8.33. The number of rotatable bonds is 6. The van der Waals surface area contributed by atoms with E-state index in [9.17, 15) is 14.9 Å². The molecule has 2 aromatic heterocycles. The Labute approximate surface area is 172 Å². The van der Waals surface area contributed by atoms with Crippen LogP contribution in [-0.4, -0.2) is 30.6 Å². The van der Waals surface area contributed by atoms with Gasteiger partial charge < -0.3 is 9.30 Å². The van der Waals surface area contributed by atoms with Gasteiger partial charge in [-0.1, -0.05) is 12.1 Å². The number of carbonyl (C=O) groups excluding carboxylic acids is 1. The van der Waals surface area contributed by atoms with Crippen LogP contribution in [0.5, 0.6) is 0 Å². The van der Waals surface area contributed by atoms with Gasteiger partial charge in [-0.15, -0.1) is 21.5 Å². The number of aromatic nitrogens is 4. The number of esters is 1. The van der Waals surface area contributed by atoms with Crippen molar-refractivity contribution in [2.45, 2.75) is 16.7 Å². The standard InChI is InChI=1S/C18H13N5O4S2/c1-22-10-19-21-18(22)29-15-7-6-11(8-13(15)23(25)26)17(24)27-9-16-20-12-4-2-3-5-14(12)28-16/h2-8,10H,9H2,1H3. The highest BCUT2D eigenvalue weighted by Crippen LogP contribution is 2.34. The Balaban J connectivity index is 1.51. The highest BCUT2D eigenvalue weighted by molar-refractivity contribution is 7.99. The molecule has 9 nitrogen and oxygen atoms in total. The fraction of sp³-hybridized carbons (Fsp3) is 0.111. The molecule has 0 saturated heterocycles. The Kier molecular flexibility index (Phi) is 5.23. The van der Waals surface area contributed by atoms with Crippen molar-refractivity contribution in [2.75, 3.05) is 0 Å². The number of nitrogens with zero attached hydrogens (tertiary/aromatic N) is 5. The smallest absolute Gasteiger partial charge is 0.338 e. The predicted octanol–water partition coefficient (Wildman–Crippen LogP) is 3.84. The first kappa shape index (κ1) is 19.0. The van der Waals surface area contributed by atoms with E-state index in [1.807, 2.05) is 24.3 Å². The lowest BCUT2D eigenvalue weighted by Crippen LogP contribution is -2.06. The molecule has 0 saturated carbocycles. The van der Waals surface area contributed by atoms with Gasteiger partial charge >= 0.3 is 5.97 Å². The molecule has 0 aliphatic heterocycles. The minimum atomic E-state index is -0.650. The van der Waals surface area contributed by atoms with Crippen LogP contribution in [0.2, 0.25) is 0 Å². The van der Waals surface area contributed by atoms with Crippen LogP contribution in [0, 0.1) is 10.1 Å². The maximum atomic E-state index is 12.4. The molecule has 2 aromatic carbocycles. The van der Waals surface area contributed by atoms with E-state index in [4.69, 9.17) is 4.74 Å². The summed E-state index contributed by atoms with van der Waals surface area (Å²) in [5, 5.41) is 20.3. The van der Waals surface area contributed by atoms with Crippen molar-refractivity contribution >= 4 is 45.0 Å². The van der Waals surface area contributed by atoms with Gasteiger partial charge in [0.2, 0.25) is 0 Å². The summed E-state index contributed by atoms with van der Waals surface area (Å²) >= 11 is 2.53. The maximum absolute atomic E-state index is 12.4. The van der Waals surface area contributed by atoms with Crippen LogP contribution in [0.1, 0.15) is 15.4 Å². The molecule has 29 heavy (non-hydrogen) atoms. The Morgan fingerprint density at radius 1 is 1.31 bits per heavy atom. The van der Waals surface area contributed by atoms with Gasteiger partial charge in [0.05, 0.1) is 25.6 Å². The van der Waals surface area contributed by atoms with Crippen LogP contribution < -0.4 is 0 Å². The second-order valence-electron chi connectivity index (χ2n) is 5.92. The van der Waals surface area contributed by atoms with E-state index in [1.165, 1.54) is 35.9 Å². The molecule has 11 heteroatoms. The molecule has 0 atom stereocenters. The quantitative estimate of drug-likeness (QED) is 0.259. The van der Waals surface area contributed by atoms with Crippen LogP contribution in [-0.2, 0) is 18.4 Å².